The second kappa shape index (κ2) is 23.9. The number of alkyl carbamates (subject to hydrolysis) is 1. The van der Waals surface area contributed by atoms with Crippen LogP contribution in [-0.2, 0) is 54.1 Å². The molecule has 1 aromatic carbocycles. The Balaban J connectivity index is 1.46. The molecule has 0 radical (unpaired) electrons. The van der Waals surface area contributed by atoms with Crippen molar-refractivity contribution in [2.24, 2.45) is 10.8 Å². The minimum Gasteiger partial charge on any atom is -0.444 e. The molecule has 2 saturated heterocycles. The van der Waals surface area contributed by atoms with Crippen LogP contribution in [0, 0.1) is 10.8 Å². The monoisotopic (exact) mass is 1000 g/mol. The number of aliphatic hydroxyl groups excluding tert-OH is 1. The van der Waals surface area contributed by atoms with Crippen LogP contribution in [0.3, 0.4) is 0 Å². The van der Waals surface area contributed by atoms with Crippen LogP contribution in [0.15, 0.2) is 24.3 Å². The molecule has 9 atom stereocenters. The number of fused-ring (bicyclic) bond motifs is 1. The summed E-state index contributed by atoms with van der Waals surface area (Å²) in [6, 6.07) is 1.19. The molecule has 0 unspecified atom stereocenters. The smallest absolute Gasteiger partial charge is 0.410 e. The third-order valence-corrected chi connectivity index (χ3v) is 12.7. The first-order valence-electron chi connectivity index (χ1n) is 24.7. The van der Waals surface area contributed by atoms with Crippen molar-refractivity contribution in [3.05, 3.63) is 35.4 Å². The Labute approximate surface area is 419 Å². The Morgan fingerprint density at radius 1 is 0.761 bits per heavy atom. The van der Waals surface area contributed by atoms with Gasteiger partial charge in [0.05, 0.1) is 44.1 Å². The Morgan fingerprint density at radius 2 is 1.30 bits per heavy atom. The number of nitrogens with zero attached hydrogens (tertiary/aromatic N) is 3. The number of carbonyl (C=O) groups excluding carboxylic acids is 8. The highest BCUT2D eigenvalue weighted by Crippen LogP contribution is 2.33. The van der Waals surface area contributed by atoms with Gasteiger partial charge < -0.3 is 59.9 Å². The number of rotatable bonds is 17. The van der Waals surface area contributed by atoms with Crippen molar-refractivity contribution in [2.45, 2.75) is 188 Å². The zero-order valence-electron chi connectivity index (χ0n) is 44.3. The molecule has 2 aliphatic heterocycles. The average Bonchev–Trinajstić information content (AvgIpc) is 3.90. The number of ether oxygens (including phenoxy) is 4. The van der Waals surface area contributed by atoms with Gasteiger partial charge in [0.2, 0.25) is 29.5 Å². The maximum atomic E-state index is 14.8. The van der Waals surface area contributed by atoms with Crippen molar-refractivity contribution < 1.29 is 62.4 Å². The molecule has 3 aliphatic rings. The van der Waals surface area contributed by atoms with Gasteiger partial charge in [0.25, 0.3) is 0 Å². The second-order valence-corrected chi connectivity index (χ2v) is 23.1. The number of aliphatic hydroxyl groups is 1. The number of hydrogen-bond donors (Lipinski definition) is 5. The maximum Gasteiger partial charge on any atom is 0.410 e. The quantitative estimate of drug-likeness (QED) is 0.111. The van der Waals surface area contributed by atoms with Crippen LogP contribution in [0.4, 0.5) is 9.59 Å². The number of benzene rings is 1. The molecular weight excluding hydrogens is 919 g/mol. The van der Waals surface area contributed by atoms with Crippen LogP contribution in [0.5, 0.6) is 0 Å². The number of aryl methyl sites for hydroxylation is 1. The van der Waals surface area contributed by atoms with Crippen LogP contribution < -0.4 is 21.3 Å². The van der Waals surface area contributed by atoms with Crippen molar-refractivity contribution in [2.75, 3.05) is 40.0 Å². The summed E-state index contributed by atoms with van der Waals surface area (Å²) in [6.07, 6.45) is 0.644. The van der Waals surface area contributed by atoms with Gasteiger partial charge in [-0.15, -0.1) is 0 Å². The summed E-state index contributed by atoms with van der Waals surface area (Å²) in [7, 11) is 1.45. The van der Waals surface area contributed by atoms with Gasteiger partial charge in [0.1, 0.15) is 47.7 Å². The maximum absolute atomic E-state index is 14.8. The highest BCUT2D eigenvalue weighted by Gasteiger charge is 2.47. The molecule has 5 N–H and O–H groups in total. The molecule has 7 amide bonds. The number of nitrogens with one attached hydrogen (secondary N) is 4. The van der Waals surface area contributed by atoms with Gasteiger partial charge in [0, 0.05) is 33.0 Å². The molecule has 4 rings (SSSR count). The van der Waals surface area contributed by atoms with Gasteiger partial charge in [-0.2, -0.15) is 0 Å². The predicted molar refractivity (Wildman–Crippen MR) is 263 cm³/mol. The molecule has 1 aromatic rings. The normalized spacial score (nSPS) is 22.2. The highest BCUT2D eigenvalue weighted by atomic mass is 16.6. The van der Waals surface area contributed by atoms with Crippen LogP contribution in [0.25, 0.3) is 0 Å². The zero-order valence-corrected chi connectivity index (χ0v) is 44.3. The summed E-state index contributed by atoms with van der Waals surface area (Å²) in [5.41, 5.74) is -1.17. The molecule has 0 aromatic heterocycles. The molecule has 2 heterocycles. The fraction of sp³-hybridized carbons (Fsp3) is 0.725. The summed E-state index contributed by atoms with van der Waals surface area (Å²) in [5.74, 6) is -2.80. The van der Waals surface area contributed by atoms with Crippen LogP contribution in [-0.4, -0.2) is 167 Å². The molecule has 20 heteroatoms. The number of likely N-dealkylation sites (tertiary alicyclic amines) is 2. The summed E-state index contributed by atoms with van der Waals surface area (Å²) in [6.45, 7) is 21.6. The van der Waals surface area contributed by atoms with Gasteiger partial charge in [-0.3, -0.25) is 28.9 Å². The minimum absolute atomic E-state index is 0.0224. The molecule has 0 saturated carbocycles. The van der Waals surface area contributed by atoms with Gasteiger partial charge in [-0.1, -0.05) is 65.8 Å². The molecule has 0 bridgehead atoms. The fourth-order valence-corrected chi connectivity index (χ4v) is 8.79. The summed E-state index contributed by atoms with van der Waals surface area (Å²) >= 11 is 0. The van der Waals surface area contributed by atoms with E-state index < -0.39 is 113 Å². The SMILES string of the molecule is C[C@@H](C(=O)N[C@H](C(=O)N1C[C@@H](OCCO[C@H]2C[C@@H](C=O)N(C(=O)[C@@H](NC(=O)[C@H](CO)NC(=O)OC(C)(C)C)C(C)(C)C)C2)C[C@H]1C(=O)N[C@@H]1CCCc2ccccc21)C(C)(C)C)N(C)C(=O)OC(C)(C)C. The van der Waals surface area contributed by atoms with Gasteiger partial charge in [0.15, 0.2) is 0 Å². The molecule has 0 spiro atoms. The number of likely N-dealkylation sites (N-methyl/N-ethyl adjacent to an activating group) is 1. The average molecular weight is 1000 g/mol. The van der Waals surface area contributed by atoms with E-state index in [1.54, 1.807) is 83.1 Å². The van der Waals surface area contributed by atoms with E-state index in [1.807, 2.05) is 18.2 Å². The molecule has 398 valence electrons. The molecule has 20 nitrogen and oxygen atoms in total. The lowest BCUT2D eigenvalue weighted by Crippen LogP contribution is -2.60. The number of aldehydes is 1. The summed E-state index contributed by atoms with van der Waals surface area (Å²) in [5, 5.41) is 21.0. The van der Waals surface area contributed by atoms with Crippen LogP contribution in [0.2, 0.25) is 0 Å². The summed E-state index contributed by atoms with van der Waals surface area (Å²) < 4.78 is 23.1. The standard InChI is InChI=1S/C51H81N7O13/c1-30(56(14)47(67)71-51(11,12)13)41(61)54-40(49(5,6)7)45(65)58-27-34(25-38(58)43(63)52-36-21-17-19-31-18-15-16-20-35(31)36)69-23-22-68-33-24-32(28-59)57(26-33)44(64)39(48(2,3)4)55-42(62)37(29-60)53-46(66)70-50(8,9)10/h15-16,18,20,28,30,32-34,36-40,60H,17,19,21-27,29H2,1-14H3,(H,52,63)(H,53,66)(H,54,61)(H,55,62)/t30-,32-,33-,34-,36+,37-,38-,39+,40+/m0/s1. The Morgan fingerprint density at radius 3 is 1.85 bits per heavy atom. The molecular formula is C51H81N7O13. The third-order valence-electron chi connectivity index (χ3n) is 12.7. The molecule has 2 fully saturated rings. The zero-order chi connectivity index (χ0) is 53.4. The molecule has 1 aliphatic carbocycles. The highest BCUT2D eigenvalue weighted by molar-refractivity contribution is 5.95. The van der Waals surface area contributed by atoms with E-state index in [2.05, 4.69) is 27.3 Å². The van der Waals surface area contributed by atoms with E-state index in [0.29, 0.717) is 6.29 Å². The lowest BCUT2D eigenvalue weighted by atomic mass is 9.85. The number of hydrogen-bond acceptors (Lipinski definition) is 13. The van der Waals surface area contributed by atoms with E-state index in [4.69, 9.17) is 18.9 Å². The summed E-state index contributed by atoms with van der Waals surface area (Å²) in [4.78, 5) is 112. The number of carbonyl (C=O) groups is 8. The van der Waals surface area contributed by atoms with Crippen molar-refractivity contribution in [1.82, 2.24) is 36.0 Å². The van der Waals surface area contributed by atoms with Gasteiger partial charge >= 0.3 is 12.2 Å². The first-order chi connectivity index (χ1) is 32.8. The first kappa shape index (κ1) is 58.2. The van der Waals surface area contributed by atoms with E-state index in [1.165, 1.54) is 23.8 Å². The predicted octanol–water partition coefficient (Wildman–Crippen LogP) is 3.55. The Hall–Kier alpha value is -5.34. The van der Waals surface area contributed by atoms with E-state index in [-0.39, 0.29) is 51.1 Å². The minimum atomic E-state index is -1.42. The molecule has 71 heavy (non-hydrogen) atoms. The van der Waals surface area contributed by atoms with E-state index >= 15 is 0 Å². The largest absolute Gasteiger partial charge is 0.444 e. The van der Waals surface area contributed by atoms with Crippen molar-refractivity contribution >= 4 is 48.0 Å². The van der Waals surface area contributed by atoms with E-state index in [9.17, 15) is 43.5 Å². The van der Waals surface area contributed by atoms with Crippen molar-refractivity contribution in [1.29, 1.82) is 0 Å². The second-order valence-electron chi connectivity index (χ2n) is 23.1. The lowest BCUT2D eigenvalue weighted by Gasteiger charge is -2.37. The Kier molecular flexibility index (Phi) is 19.6. The van der Waals surface area contributed by atoms with Gasteiger partial charge in [-0.05, 0) is 89.7 Å². The first-order valence-corrected chi connectivity index (χ1v) is 24.7. The fourth-order valence-electron chi connectivity index (χ4n) is 8.79. The third kappa shape index (κ3) is 16.3. The number of amides is 7. The van der Waals surface area contributed by atoms with Crippen LogP contribution >= 0.6 is 0 Å². The van der Waals surface area contributed by atoms with Crippen molar-refractivity contribution in [3.63, 3.8) is 0 Å². The van der Waals surface area contributed by atoms with Crippen LogP contribution in [0.1, 0.15) is 133 Å². The van der Waals surface area contributed by atoms with Crippen molar-refractivity contribution in [3.8, 4) is 0 Å². The topological polar surface area (TPSA) is 252 Å². The van der Waals surface area contributed by atoms with E-state index in [0.717, 1.165) is 35.3 Å². The van der Waals surface area contributed by atoms with Gasteiger partial charge in [-0.25, -0.2) is 9.59 Å². The lowest BCUT2D eigenvalue weighted by molar-refractivity contribution is -0.144. The Bertz CT molecular complexity index is 2070.